The van der Waals surface area contributed by atoms with Crippen molar-refractivity contribution in [3.05, 3.63) is 28.2 Å². The summed E-state index contributed by atoms with van der Waals surface area (Å²) in [5, 5.41) is 5.56. The molecule has 1 aromatic carbocycles. The van der Waals surface area contributed by atoms with Gasteiger partial charge in [0.15, 0.2) is 6.61 Å². The van der Waals surface area contributed by atoms with Crippen LogP contribution >= 0.6 is 15.9 Å². The Labute approximate surface area is 103 Å². The van der Waals surface area contributed by atoms with Crippen molar-refractivity contribution in [3.8, 4) is 5.75 Å². The molecule has 0 atom stereocenters. The van der Waals surface area contributed by atoms with E-state index in [9.17, 15) is 4.79 Å². The van der Waals surface area contributed by atoms with Gasteiger partial charge in [0.2, 0.25) is 0 Å². The van der Waals surface area contributed by atoms with Crippen LogP contribution in [0.15, 0.2) is 22.7 Å². The van der Waals surface area contributed by atoms with Crippen LogP contribution in [-0.4, -0.2) is 26.6 Å². The summed E-state index contributed by atoms with van der Waals surface area (Å²) in [6.45, 7) is 0.828. The van der Waals surface area contributed by atoms with Gasteiger partial charge in [-0.05, 0) is 40.7 Å². The van der Waals surface area contributed by atoms with Crippen LogP contribution in [0.5, 0.6) is 5.75 Å². The van der Waals surface area contributed by atoms with E-state index in [0.717, 1.165) is 16.6 Å². The third kappa shape index (κ3) is 3.83. The number of likely N-dealkylation sites (N-methyl/N-ethyl adjacent to an activating group) is 1. The predicted molar refractivity (Wildman–Crippen MR) is 66.5 cm³/mol. The number of halogens is 1. The van der Waals surface area contributed by atoms with E-state index >= 15 is 0 Å². The van der Waals surface area contributed by atoms with Crippen LogP contribution in [0, 0.1) is 0 Å². The van der Waals surface area contributed by atoms with E-state index in [1.54, 1.807) is 7.05 Å². The lowest BCUT2D eigenvalue weighted by Crippen LogP contribution is -2.24. The van der Waals surface area contributed by atoms with Crippen molar-refractivity contribution in [3.63, 3.8) is 0 Å². The molecule has 0 radical (unpaired) electrons. The minimum atomic E-state index is -0.147. The molecule has 1 rings (SSSR count). The Kier molecular flexibility index (Phi) is 5.28. The number of carbonyl (C=O) groups excluding carboxylic acids is 1. The summed E-state index contributed by atoms with van der Waals surface area (Å²) >= 11 is 3.40. The molecule has 0 saturated carbocycles. The van der Waals surface area contributed by atoms with Crippen molar-refractivity contribution in [2.45, 2.75) is 6.54 Å². The van der Waals surface area contributed by atoms with E-state index in [4.69, 9.17) is 4.74 Å². The number of benzene rings is 1. The van der Waals surface area contributed by atoms with Crippen LogP contribution in [-0.2, 0) is 11.3 Å². The molecule has 0 bridgehead atoms. The second-order valence-corrected chi connectivity index (χ2v) is 4.11. The molecule has 0 spiro atoms. The average Bonchev–Trinajstić information content (AvgIpc) is 2.28. The number of amides is 1. The van der Waals surface area contributed by atoms with Crippen LogP contribution in [0.25, 0.3) is 0 Å². The van der Waals surface area contributed by atoms with Gasteiger partial charge < -0.3 is 15.4 Å². The predicted octanol–water partition coefficient (Wildman–Crippen LogP) is 1.29. The first-order chi connectivity index (χ1) is 7.67. The number of rotatable bonds is 5. The van der Waals surface area contributed by atoms with Crippen molar-refractivity contribution in [2.75, 3.05) is 20.7 Å². The van der Waals surface area contributed by atoms with Gasteiger partial charge in [0, 0.05) is 13.6 Å². The monoisotopic (exact) mass is 286 g/mol. The Morgan fingerprint density at radius 1 is 1.44 bits per heavy atom. The first-order valence-corrected chi connectivity index (χ1v) is 5.73. The number of nitrogens with one attached hydrogen (secondary N) is 2. The second-order valence-electron chi connectivity index (χ2n) is 3.26. The van der Waals surface area contributed by atoms with Crippen LogP contribution in [0.4, 0.5) is 0 Å². The number of hydrogen-bond acceptors (Lipinski definition) is 3. The van der Waals surface area contributed by atoms with Gasteiger partial charge in [0.1, 0.15) is 5.75 Å². The molecule has 5 heteroatoms. The summed E-state index contributed by atoms with van der Waals surface area (Å²) in [4.78, 5) is 11.0. The lowest BCUT2D eigenvalue weighted by atomic mass is 10.2. The highest BCUT2D eigenvalue weighted by atomic mass is 79.9. The molecule has 0 heterocycles. The molecule has 0 fully saturated rings. The molecular formula is C11H15BrN2O2. The Morgan fingerprint density at radius 2 is 2.19 bits per heavy atom. The lowest BCUT2D eigenvalue weighted by molar-refractivity contribution is -0.122. The van der Waals surface area contributed by atoms with Crippen molar-refractivity contribution in [1.29, 1.82) is 0 Å². The molecular weight excluding hydrogens is 272 g/mol. The SMILES string of the molecule is CNCc1ccc(OCC(=O)NC)c(Br)c1. The summed E-state index contributed by atoms with van der Waals surface area (Å²) in [6, 6.07) is 5.77. The zero-order valence-electron chi connectivity index (χ0n) is 9.34. The van der Waals surface area contributed by atoms with Crippen molar-refractivity contribution in [1.82, 2.24) is 10.6 Å². The molecule has 16 heavy (non-hydrogen) atoms. The number of hydrogen-bond donors (Lipinski definition) is 2. The molecule has 0 saturated heterocycles. The molecule has 88 valence electrons. The fourth-order valence-electron chi connectivity index (χ4n) is 1.19. The van der Waals surface area contributed by atoms with Gasteiger partial charge in [0.05, 0.1) is 4.47 Å². The van der Waals surface area contributed by atoms with Crippen molar-refractivity contribution >= 4 is 21.8 Å². The molecule has 1 aromatic rings. The third-order valence-corrected chi connectivity index (χ3v) is 2.63. The van der Waals surface area contributed by atoms with Crippen LogP contribution in [0.3, 0.4) is 0 Å². The number of ether oxygens (including phenoxy) is 1. The minimum Gasteiger partial charge on any atom is -0.483 e. The number of carbonyl (C=O) groups is 1. The fraction of sp³-hybridized carbons (Fsp3) is 0.364. The molecule has 4 nitrogen and oxygen atoms in total. The smallest absolute Gasteiger partial charge is 0.257 e. The largest absolute Gasteiger partial charge is 0.483 e. The fourth-order valence-corrected chi connectivity index (χ4v) is 1.73. The first-order valence-electron chi connectivity index (χ1n) is 4.93. The third-order valence-electron chi connectivity index (χ3n) is 2.01. The van der Waals surface area contributed by atoms with Crippen LogP contribution < -0.4 is 15.4 Å². The van der Waals surface area contributed by atoms with Crippen molar-refractivity contribution < 1.29 is 9.53 Å². The maximum absolute atomic E-state index is 11.0. The highest BCUT2D eigenvalue weighted by molar-refractivity contribution is 9.10. The zero-order valence-corrected chi connectivity index (χ0v) is 10.9. The maximum Gasteiger partial charge on any atom is 0.257 e. The van der Waals surface area contributed by atoms with Gasteiger partial charge in [-0.25, -0.2) is 0 Å². The molecule has 0 aliphatic carbocycles. The maximum atomic E-state index is 11.0. The van der Waals surface area contributed by atoms with E-state index in [1.165, 1.54) is 0 Å². The highest BCUT2D eigenvalue weighted by Crippen LogP contribution is 2.25. The lowest BCUT2D eigenvalue weighted by Gasteiger charge is -2.08. The second kappa shape index (κ2) is 6.50. The Hall–Kier alpha value is -1.07. The summed E-state index contributed by atoms with van der Waals surface area (Å²) in [7, 11) is 3.47. The van der Waals surface area contributed by atoms with E-state index in [0.29, 0.717) is 5.75 Å². The normalized spacial score (nSPS) is 9.94. The first kappa shape index (κ1) is 13.0. The van der Waals surface area contributed by atoms with Gasteiger partial charge >= 0.3 is 0 Å². The summed E-state index contributed by atoms with van der Waals surface area (Å²) in [5.74, 6) is 0.523. The van der Waals surface area contributed by atoms with E-state index in [-0.39, 0.29) is 12.5 Å². The van der Waals surface area contributed by atoms with Gasteiger partial charge in [0.25, 0.3) is 5.91 Å². The summed E-state index contributed by atoms with van der Waals surface area (Å²) < 4.78 is 6.19. The molecule has 0 aliphatic rings. The Bertz CT molecular complexity index is 369. The Morgan fingerprint density at radius 3 is 2.75 bits per heavy atom. The van der Waals surface area contributed by atoms with Crippen molar-refractivity contribution in [2.24, 2.45) is 0 Å². The average molecular weight is 287 g/mol. The van der Waals surface area contributed by atoms with Crippen LogP contribution in [0.1, 0.15) is 5.56 Å². The van der Waals surface area contributed by atoms with Gasteiger partial charge in [-0.3, -0.25) is 4.79 Å². The van der Waals surface area contributed by atoms with Gasteiger partial charge in [-0.1, -0.05) is 6.07 Å². The van der Waals surface area contributed by atoms with E-state index in [2.05, 4.69) is 26.6 Å². The molecule has 0 aromatic heterocycles. The van der Waals surface area contributed by atoms with E-state index in [1.807, 2.05) is 25.2 Å². The molecule has 0 aliphatic heterocycles. The van der Waals surface area contributed by atoms with Gasteiger partial charge in [-0.15, -0.1) is 0 Å². The van der Waals surface area contributed by atoms with Gasteiger partial charge in [-0.2, -0.15) is 0 Å². The zero-order chi connectivity index (χ0) is 12.0. The topological polar surface area (TPSA) is 50.4 Å². The standard InChI is InChI=1S/C11H15BrN2O2/c1-13-6-8-3-4-10(9(12)5-8)16-7-11(15)14-2/h3-5,13H,6-7H2,1-2H3,(H,14,15). The molecule has 1 amide bonds. The summed E-state index contributed by atoms with van der Waals surface area (Å²) in [6.07, 6.45) is 0. The van der Waals surface area contributed by atoms with Crippen LogP contribution in [0.2, 0.25) is 0 Å². The highest BCUT2D eigenvalue weighted by Gasteiger charge is 2.04. The van der Waals surface area contributed by atoms with E-state index < -0.39 is 0 Å². The molecule has 0 unspecified atom stereocenters. The Balaban J connectivity index is 2.64. The molecule has 2 N–H and O–H groups in total. The quantitative estimate of drug-likeness (QED) is 0.858. The summed E-state index contributed by atoms with van der Waals surface area (Å²) in [5.41, 5.74) is 1.15. The minimum absolute atomic E-state index is 0.0282.